The number of aromatic nitrogens is 1. The topological polar surface area (TPSA) is 94.3 Å². The third kappa shape index (κ3) is 3.16. The van der Waals surface area contributed by atoms with Gasteiger partial charge in [-0.25, -0.2) is 4.79 Å². The number of imide groups is 1. The van der Waals surface area contributed by atoms with Crippen molar-refractivity contribution in [1.82, 2.24) is 20.5 Å². The molecule has 1 aromatic carbocycles. The van der Waals surface area contributed by atoms with Crippen molar-refractivity contribution in [2.45, 2.75) is 44.2 Å². The first-order chi connectivity index (χ1) is 12.6. The van der Waals surface area contributed by atoms with Crippen LogP contribution in [0.1, 0.15) is 31.2 Å². The van der Waals surface area contributed by atoms with Gasteiger partial charge in [-0.15, -0.1) is 0 Å². The molecule has 2 fully saturated rings. The molecule has 1 unspecified atom stereocenters. The number of hydrogen-bond donors (Lipinski definition) is 3. The van der Waals surface area contributed by atoms with E-state index in [1.165, 1.54) is 0 Å². The summed E-state index contributed by atoms with van der Waals surface area (Å²) < 4.78 is 0. The molecule has 7 heteroatoms. The van der Waals surface area contributed by atoms with Crippen molar-refractivity contribution in [3.63, 3.8) is 0 Å². The quantitative estimate of drug-likeness (QED) is 0.713. The van der Waals surface area contributed by atoms with E-state index in [1.807, 2.05) is 30.5 Å². The van der Waals surface area contributed by atoms with Crippen LogP contribution in [0.3, 0.4) is 0 Å². The van der Waals surface area contributed by atoms with Crippen molar-refractivity contribution >= 4 is 28.7 Å². The predicted octanol–water partition coefficient (Wildman–Crippen LogP) is 1.69. The number of aromatic amines is 1. The van der Waals surface area contributed by atoms with E-state index in [1.54, 1.807) is 0 Å². The number of nitrogens with zero attached hydrogens (tertiary/aromatic N) is 1. The molecule has 4 rings (SSSR count). The lowest BCUT2D eigenvalue weighted by atomic mass is 10.1. The Morgan fingerprint density at radius 3 is 2.77 bits per heavy atom. The number of carbonyl (C=O) groups excluding carboxylic acids is 3. The lowest BCUT2D eigenvalue weighted by Crippen LogP contribution is -2.44. The number of H-pyrrole nitrogens is 1. The highest BCUT2D eigenvalue weighted by atomic mass is 16.2. The summed E-state index contributed by atoms with van der Waals surface area (Å²) in [5.41, 5.74) is 1.96. The maximum Gasteiger partial charge on any atom is 0.325 e. The van der Waals surface area contributed by atoms with Crippen LogP contribution in [0.2, 0.25) is 0 Å². The standard InChI is InChI=1S/C19H22N4O3/c24-17(21-13-5-1-2-6-13)11-23-18(25)16(22-19(23)26)9-12-10-20-15-8-4-3-7-14(12)15/h3-4,7-8,10,13,16,20H,1-2,5-6,9,11H2,(H,21,24)(H,22,26). The average Bonchev–Trinajstić information content (AvgIpc) is 3.33. The SMILES string of the molecule is O=C(CN1C(=O)NC(Cc2c[nH]c3ccccc23)C1=O)NC1CCCC1. The first kappa shape index (κ1) is 16.6. The summed E-state index contributed by atoms with van der Waals surface area (Å²) in [4.78, 5) is 41.1. The van der Waals surface area contributed by atoms with Crippen molar-refractivity contribution < 1.29 is 14.4 Å². The molecule has 0 bridgehead atoms. The highest BCUT2D eigenvalue weighted by molar-refractivity contribution is 6.06. The zero-order chi connectivity index (χ0) is 18.1. The van der Waals surface area contributed by atoms with Crippen LogP contribution >= 0.6 is 0 Å². The number of nitrogens with one attached hydrogen (secondary N) is 3. The molecule has 136 valence electrons. The molecule has 3 N–H and O–H groups in total. The van der Waals surface area contributed by atoms with Gasteiger partial charge in [-0.3, -0.25) is 14.5 Å². The molecule has 26 heavy (non-hydrogen) atoms. The average molecular weight is 354 g/mol. The van der Waals surface area contributed by atoms with Crippen LogP contribution in [0.5, 0.6) is 0 Å². The molecular weight excluding hydrogens is 332 g/mol. The summed E-state index contributed by atoms with van der Waals surface area (Å²) >= 11 is 0. The summed E-state index contributed by atoms with van der Waals surface area (Å²) in [7, 11) is 0. The van der Waals surface area contributed by atoms with Gasteiger partial charge in [0.15, 0.2) is 0 Å². The first-order valence-corrected chi connectivity index (χ1v) is 9.08. The van der Waals surface area contributed by atoms with Gasteiger partial charge in [0.25, 0.3) is 5.91 Å². The fourth-order valence-corrected chi connectivity index (χ4v) is 3.87. The highest BCUT2D eigenvalue weighted by Gasteiger charge is 2.39. The van der Waals surface area contributed by atoms with Crippen LogP contribution < -0.4 is 10.6 Å². The lowest BCUT2D eigenvalue weighted by Gasteiger charge is -2.16. The van der Waals surface area contributed by atoms with Crippen LogP contribution in [0, 0.1) is 0 Å². The normalized spacial score (nSPS) is 20.8. The van der Waals surface area contributed by atoms with Crippen LogP contribution in [-0.4, -0.2) is 46.4 Å². The van der Waals surface area contributed by atoms with E-state index < -0.39 is 12.1 Å². The lowest BCUT2D eigenvalue weighted by molar-refractivity contribution is -0.132. The maximum atomic E-state index is 12.6. The van der Waals surface area contributed by atoms with Crippen LogP contribution in [0.15, 0.2) is 30.5 Å². The van der Waals surface area contributed by atoms with Gasteiger partial charge >= 0.3 is 6.03 Å². The summed E-state index contributed by atoms with van der Waals surface area (Å²) in [5, 5.41) is 6.65. The Morgan fingerprint density at radius 2 is 1.96 bits per heavy atom. The van der Waals surface area contributed by atoms with Gasteiger partial charge in [0.1, 0.15) is 12.6 Å². The number of fused-ring (bicyclic) bond motifs is 1. The van der Waals surface area contributed by atoms with Gasteiger partial charge in [0.2, 0.25) is 5.91 Å². The third-order valence-electron chi connectivity index (χ3n) is 5.23. The molecule has 2 aromatic rings. The molecule has 1 aliphatic heterocycles. The van der Waals surface area contributed by atoms with E-state index in [-0.39, 0.29) is 24.4 Å². The zero-order valence-electron chi connectivity index (χ0n) is 14.5. The Morgan fingerprint density at radius 1 is 1.19 bits per heavy atom. The van der Waals surface area contributed by atoms with Crippen LogP contribution in [0.4, 0.5) is 4.79 Å². The Bertz CT molecular complexity index is 853. The van der Waals surface area contributed by atoms with Crippen LogP contribution in [-0.2, 0) is 16.0 Å². The maximum absolute atomic E-state index is 12.6. The molecule has 2 aliphatic rings. The third-order valence-corrected chi connectivity index (χ3v) is 5.23. The number of benzene rings is 1. The second-order valence-electron chi connectivity index (χ2n) is 7.04. The van der Waals surface area contributed by atoms with E-state index >= 15 is 0 Å². The van der Waals surface area contributed by atoms with Crippen molar-refractivity contribution in [1.29, 1.82) is 0 Å². The van der Waals surface area contributed by atoms with Gasteiger partial charge in [0.05, 0.1) is 0 Å². The predicted molar refractivity (Wildman–Crippen MR) is 96.4 cm³/mol. The fraction of sp³-hybridized carbons (Fsp3) is 0.421. The summed E-state index contributed by atoms with van der Waals surface area (Å²) in [6.07, 6.45) is 6.42. The van der Waals surface area contributed by atoms with Gasteiger partial charge < -0.3 is 15.6 Å². The first-order valence-electron chi connectivity index (χ1n) is 9.08. The van der Waals surface area contributed by atoms with E-state index in [9.17, 15) is 14.4 Å². The van der Waals surface area contributed by atoms with Crippen LogP contribution in [0.25, 0.3) is 10.9 Å². The molecule has 0 radical (unpaired) electrons. The Hall–Kier alpha value is -2.83. The highest BCUT2D eigenvalue weighted by Crippen LogP contribution is 2.21. The molecule has 4 amide bonds. The second-order valence-corrected chi connectivity index (χ2v) is 7.04. The largest absolute Gasteiger partial charge is 0.361 e. The molecule has 1 saturated heterocycles. The molecule has 2 heterocycles. The number of carbonyl (C=O) groups is 3. The minimum absolute atomic E-state index is 0.172. The fourth-order valence-electron chi connectivity index (χ4n) is 3.87. The number of amides is 4. The van der Waals surface area contributed by atoms with E-state index in [2.05, 4.69) is 15.6 Å². The summed E-state index contributed by atoms with van der Waals surface area (Å²) in [6, 6.07) is 6.86. The minimum atomic E-state index is -0.638. The van der Waals surface area contributed by atoms with Crippen molar-refractivity contribution in [3.05, 3.63) is 36.0 Å². The second kappa shape index (κ2) is 6.82. The molecule has 1 aromatic heterocycles. The molecule has 7 nitrogen and oxygen atoms in total. The summed E-state index contributed by atoms with van der Waals surface area (Å²) in [5.74, 6) is -0.616. The van der Waals surface area contributed by atoms with Gasteiger partial charge in [-0.05, 0) is 24.5 Å². The number of urea groups is 1. The minimum Gasteiger partial charge on any atom is -0.361 e. The number of para-hydroxylation sites is 1. The van der Waals surface area contributed by atoms with Gasteiger partial charge in [0, 0.05) is 29.6 Å². The number of hydrogen-bond acceptors (Lipinski definition) is 3. The molecule has 1 saturated carbocycles. The van der Waals surface area contributed by atoms with Crippen molar-refractivity contribution in [2.75, 3.05) is 6.54 Å². The molecule has 1 atom stereocenters. The van der Waals surface area contributed by atoms with E-state index in [0.29, 0.717) is 6.42 Å². The Kier molecular flexibility index (Phi) is 4.36. The zero-order valence-corrected chi connectivity index (χ0v) is 14.5. The van der Waals surface area contributed by atoms with Crippen molar-refractivity contribution in [2.24, 2.45) is 0 Å². The molecular formula is C19H22N4O3. The molecule has 1 aliphatic carbocycles. The molecule has 0 spiro atoms. The van der Waals surface area contributed by atoms with E-state index in [4.69, 9.17) is 0 Å². The monoisotopic (exact) mass is 354 g/mol. The Balaban J connectivity index is 1.41. The van der Waals surface area contributed by atoms with Gasteiger partial charge in [-0.1, -0.05) is 31.0 Å². The van der Waals surface area contributed by atoms with Crippen molar-refractivity contribution in [3.8, 4) is 0 Å². The number of rotatable bonds is 5. The summed E-state index contributed by atoms with van der Waals surface area (Å²) in [6.45, 7) is -0.217. The Labute approximate surface area is 151 Å². The van der Waals surface area contributed by atoms with Gasteiger partial charge in [-0.2, -0.15) is 0 Å². The van der Waals surface area contributed by atoms with E-state index in [0.717, 1.165) is 47.0 Å². The smallest absolute Gasteiger partial charge is 0.325 e.